The SMILES string of the molecule is CCC(C)C(NC(=O)CSc1ccc(C)cc1C)C(=O)OC. The van der Waals surface area contributed by atoms with Crippen molar-refractivity contribution in [2.24, 2.45) is 5.92 Å². The minimum atomic E-state index is -0.581. The average molecular weight is 323 g/mol. The van der Waals surface area contributed by atoms with Crippen molar-refractivity contribution in [1.29, 1.82) is 0 Å². The summed E-state index contributed by atoms with van der Waals surface area (Å²) < 4.78 is 4.77. The van der Waals surface area contributed by atoms with Gasteiger partial charge in [0.2, 0.25) is 5.91 Å². The Bertz CT molecular complexity index is 531. The molecule has 122 valence electrons. The van der Waals surface area contributed by atoms with Gasteiger partial charge in [-0.25, -0.2) is 4.79 Å². The van der Waals surface area contributed by atoms with E-state index in [9.17, 15) is 9.59 Å². The molecule has 0 spiro atoms. The van der Waals surface area contributed by atoms with Crippen LogP contribution in [-0.2, 0) is 14.3 Å². The molecule has 1 N–H and O–H groups in total. The van der Waals surface area contributed by atoms with E-state index in [1.807, 2.05) is 39.8 Å². The van der Waals surface area contributed by atoms with Crippen LogP contribution in [0.15, 0.2) is 23.1 Å². The van der Waals surface area contributed by atoms with Crippen molar-refractivity contribution >= 4 is 23.6 Å². The molecule has 0 radical (unpaired) electrons. The number of esters is 1. The van der Waals surface area contributed by atoms with Crippen molar-refractivity contribution < 1.29 is 14.3 Å². The summed E-state index contributed by atoms with van der Waals surface area (Å²) in [6, 6.07) is 5.57. The first-order valence-corrected chi connectivity index (χ1v) is 8.44. The largest absolute Gasteiger partial charge is 0.467 e. The molecule has 2 unspecified atom stereocenters. The Hall–Kier alpha value is -1.49. The Morgan fingerprint density at radius 1 is 1.32 bits per heavy atom. The van der Waals surface area contributed by atoms with Crippen LogP contribution in [0.4, 0.5) is 0 Å². The van der Waals surface area contributed by atoms with Crippen LogP contribution in [0.1, 0.15) is 31.4 Å². The Morgan fingerprint density at radius 3 is 2.55 bits per heavy atom. The first-order valence-electron chi connectivity index (χ1n) is 7.46. The molecule has 4 nitrogen and oxygen atoms in total. The summed E-state index contributed by atoms with van der Waals surface area (Å²) in [5.74, 6) is -0.212. The number of nitrogens with one attached hydrogen (secondary N) is 1. The highest BCUT2D eigenvalue weighted by Gasteiger charge is 2.26. The molecule has 0 aromatic heterocycles. The number of carbonyl (C=O) groups excluding carboxylic acids is 2. The van der Waals surface area contributed by atoms with E-state index in [-0.39, 0.29) is 23.5 Å². The summed E-state index contributed by atoms with van der Waals surface area (Å²) in [7, 11) is 1.34. The monoisotopic (exact) mass is 323 g/mol. The topological polar surface area (TPSA) is 55.4 Å². The van der Waals surface area contributed by atoms with Gasteiger partial charge in [-0.1, -0.05) is 38.0 Å². The number of ether oxygens (including phenoxy) is 1. The van der Waals surface area contributed by atoms with E-state index in [1.165, 1.54) is 24.4 Å². The first kappa shape index (κ1) is 18.6. The summed E-state index contributed by atoms with van der Waals surface area (Å²) >= 11 is 1.48. The number of hydrogen-bond donors (Lipinski definition) is 1. The van der Waals surface area contributed by atoms with Crippen LogP contribution in [0.3, 0.4) is 0 Å². The fourth-order valence-corrected chi connectivity index (χ4v) is 2.94. The van der Waals surface area contributed by atoms with Gasteiger partial charge in [0.1, 0.15) is 6.04 Å². The third-order valence-electron chi connectivity index (χ3n) is 3.67. The van der Waals surface area contributed by atoms with Gasteiger partial charge in [0, 0.05) is 4.90 Å². The molecule has 0 aliphatic heterocycles. The van der Waals surface area contributed by atoms with E-state index in [4.69, 9.17) is 4.74 Å². The highest BCUT2D eigenvalue weighted by atomic mass is 32.2. The Kier molecular flexibility index (Phi) is 7.45. The summed E-state index contributed by atoms with van der Waals surface area (Å²) in [4.78, 5) is 25.0. The van der Waals surface area contributed by atoms with Gasteiger partial charge in [0.05, 0.1) is 12.9 Å². The average Bonchev–Trinajstić information content (AvgIpc) is 2.50. The zero-order valence-corrected chi connectivity index (χ0v) is 14.8. The van der Waals surface area contributed by atoms with Crippen LogP contribution in [0.25, 0.3) is 0 Å². The molecule has 0 bridgehead atoms. The van der Waals surface area contributed by atoms with Crippen LogP contribution in [0.2, 0.25) is 0 Å². The minimum Gasteiger partial charge on any atom is -0.467 e. The molecule has 5 heteroatoms. The van der Waals surface area contributed by atoms with Gasteiger partial charge in [0.25, 0.3) is 0 Å². The number of aryl methyl sites for hydroxylation is 2. The maximum absolute atomic E-state index is 12.1. The van der Waals surface area contributed by atoms with Crippen molar-refractivity contribution in [2.75, 3.05) is 12.9 Å². The smallest absolute Gasteiger partial charge is 0.328 e. The Labute approximate surface area is 137 Å². The summed E-state index contributed by atoms with van der Waals surface area (Å²) in [6.45, 7) is 7.99. The molecule has 0 fully saturated rings. The van der Waals surface area contributed by atoms with Gasteiger partial charge in [-0.05, 0) is 31.4 Å². The van der Waals surface area contributed by atoms with Crippen molar-refractivity contribution in [1.82, 2.24) is 5.32 Å². The molecule has 0 aliphatic carbocycles. The second-order valence-corrected chi connectivity index (χ2v) is 6.53. The number of benzene rings is 1. The van der Waals surface area contributed by atoms with Crippen molar-refractivity contribution in [3.05, 3.63) is 29.3 Å². The molecule has 0 saturated heterocycles. The van der Waals surface area contributed by atoms with E-state index in [0.29, 0.717) is 0 Å². The lowest BCUT2D eigenvalue weighted by Gasteiger charge is -2.21. The highest BCUT2D eigenvalue weighted by molar-refractivity contribution is 8.00. The highest BCUT2D eigenvalue weighted by Crippen LogP contribution is 2.23. The van der Waals surface area contributed by atoms with Gasteiger partial charge in [0.15, 0.2) is 0 Å². The zero-order valence-electron chi connectivity index (χ0n) is 13.9. The molecule has 0 aliphatic rings. The van der Waals surface area contributed by atoms with Gasteiger partial charge in [-0.2, -0.15) is 0 Å². The van der Waals surface area contributed by atoms with E-state index < -0.39 is 6.04 Å². The summed E-state index contributed by atoms with van der Waals surface area (Å²) in [5.41, 5.74) is 2.36. The molecular formula is C17H25NO3S. The van der Waals surface area contributed by atoms with Crippen LogP contribution < -0.4 is 5.32 Å². The molecule has 0 heterocycles. The van der Waals surface area contributed by atoms with E-state index in [0.717, 1.165) is 16.9 Å². The maximum Gasteiger partial charge on any atom is 0.328 e. The normalized spacial score (nSPS) is 13.3. The third kappa shape index (κ3) is 5.37. The number of rotatable bonds is 7. The van der Waals surface area contributed by atoms with Crippen LogP contribution in [0, 0.1) is 19.8 Å². The maximum atomic E-state index is 12.1. The van der Waals surface area contributed by atoms with Crippen molar-refractivity contribution in [3.8, 4) is 0 Å². The van der Waals surface area contributed by atoms with Gasteiger partial charge in [-0.15, -0.1) is 11.8 Å². The predicted octanol–water partition coefficient (Wildman–Crippen LogP) is 3.10. The number of thioether (sulfide) groups is 1. The van der Waals surface area contributed by atoms with Gasteiger partial charge >= 0.3 is 5.97 Å². The third-order valence-corrected chi connectivity index (χ3v) is 4.85. The summed E-state index contributed by atoms with van der Waals surface area (Å²) in [6.07, 6.45) is 0.796. The summed E-state index contributed by atoms with van der Waals surface area (Å²) in [5, 5.41) is 2.79. The molecular weight excluding hydrogens is 298 g/mol. The number of amides is 1. The van der Waals surface area contributed by atoms with E-state index in [1.54, 1.807) is 0 Å². The van der Waals surface area contributed by atoms with Crippen LogP contribution in [0.5, 0.6) is 0 Å². The van der Waals surface area contributed by atoms with Crippen LogP contribution >= 0.6 is 11.8 Å². The lowest BCUT2D eigenvalue weighted by molar-refractivity contribution is -0.146. The quantitative estimate of drug-likeness (QED) is 0.619. The molecule has 1 rings (SSSR count). The number of hydrogen-bond acceptors (Lipinski definition) is 4. The first-order chi connectivity index (χ1) is 10.4. The second kappa shape index (κ2) is 8.83. The zero-order chi connectivity index (χ0) is 16.7. The lowest BCUT2D eigenvalue weighted by Crippen LogP contribution is -2.46. The van der Waals surface area contributed by atoms with Crippen LogP contribution in [-0.4, -0.2) is 30.8 Å². The second-order valence-electron chi connectivity index (χ2n) is 5.51. The molecule has 1 aromatic rings. The van der Waals surface area contributed by atoms with Gasteiger partial charge in [-0.3, -0.25) is 4.79 Å². The fourth-order valence-electron chi connectivity index (χ4n) is 2.12. The molecule has 22 heavy (non-hydrogen) atoms. The van der Waals surface area contributed by atoms with Gasteiger partial charge < -0.3 is 10.1 Å². The molecule has 1 aromatic carbocycles. The Morgan fingerprint density at radius 2 is 2.00 bits per heavy atom. The number of carbonyl (C=O) groups is 2. The fraction of sp³-hybridized carbons (Fsp3) is 0.529. The predicted molar refractivity (Wildman–Crippen MR) is 90.0 cm³/mol. The molecule has 1 amide bonds. The van der Waals surface area contributed by atoms with Crippen molar-refractivity contribution in [2.45, 2.75) is 45.1 Å². The number of methoxy groups -OCH3 is 1. The van der Waals surface area contributed by atoms with E-state index >= 15 is 0 Å². The lowest BCUT2D eigenvalue weighted by atomic mass is 9.99. The Balaban J connectivity index is 2.62. The van der Waals surface area contributed by atoms with Crippen molar-refractivity contribution in [3.63, 3.8) is 0 Å². The molecule has 2 atom stereocenters. The standard InChI is InChI=1S/C17H25NO3S/c1-6-12(3)16(17(20)21-5)18-15(19)10-22-14-8-7-11(2)9-13(14)4/h7-9,12,16H,6,10H2,1-5H3,(H,18,19). The minimum absolute atomic E-state index is 0.0440. The molecule has 0 saturated carbocycles. The van der Waals surface area contributed by atoms with E-state index in [2.05, 4.69) is 11.4 Å².